The van der Waals surface area contributed by atoms with Gasteiger partial charge in [-0.15, -0.1) is 10.2 Å². The molecular weight excluding hydrogens is 214 g/mol. The van der Waals surface area contributed by atoms with Crippen LogP contribution in [0.4, 0.5) is 0 Å². The summed E-state index contributed by atoms with van der Waals surface area (Å²) in [7, 11) is 0. The summed E-state index contributed by atoms with van der Waals surface area (Å²) in [5, 5.41) is 12.0. The van der Waals surface area contributed by atoms with Crippen molar-refractivity contribution in [2.45, 2.75) is 33.2 Å². The highest BCUT2D eigenvalue weighted by molar-refractivity contribution is 5.33. The van der Waals surface area contributed by atoms with Crippen LogP contribution in [0, 0.1) is 19.8 Å². The van der Waals surface area contributed by atoms with Crippen LogP contribution in [0.5, 0.6) is 0 Å². The van der Waals surface area contributed by atoms with Crippen LogP contribution in [-0.2, 0) is 0 Å². The highest BCUT2D eigenvalue weighted by Gasteiger charge is 2.29. The first-order chi connectivity index (χ1) is 8.16. The SMILES string of the molecule is Cc1cc(C)n2c(C3NCCC3C)nnc2n1. The van der Waals surface area contributed by atoms with Crippen molar-refractivity contribution in [2.24, 2.45) is 5.92 Å². The van der Waals surface area contributed by atoms with E-state index in [1.807, 2.05) is 6.92 Å². The number of aryl methyl sites for hydroxylation is 2. The van der Waals surface area contributed by atoms with E-state index in [4.69, 9.17) is 0 Å². The minimum absolute atomic E-state index is 0.299. The zero-order valence-corrected chi connectivity index (χ0v) is 10.4. The Kier molecular flexibility index (Phi) is 2.36. The fourth-order valence-electron chi connectivity index (χ4n) is 2.64. The number of rotatable bonds is 1. The standard InChI is InChI=1S/C12H17N5/c1-7-4-5-13-10(7)11-15-16-12-14-8(2)6-9(3)17(11)12/h6-7,10,13H,4-5H2,1-3H3. The Balaban J connectivity index is 2.17. The summed E-state index contributed by atoms with van der Waals surface area (Å²) in [6.07, 6.45) is 1.19. The van der Waals surface area contributed by atoms with Gasteiger partial charge in [0, 0.05) is 11.4 Å². The van der Waals surface area contributed by atoms with Crippen LogP contribution >= 0.6 is 0 Å². The fourth-order valence-corrected chi connectivity index (χ4v) is 2.64. The summed E-state index contributed by atoms with van der Waals surface area (Å²) in [5.74, 6) is 2.30. The molecule has 2 aromatic rings. The van der Waals surface area contributed by atoms with Gasteiger partial charge in [0.2, 0.25) is 0 Å². The lowest BCUT2D eigenvalue weighted by atomic mass is 10.0. The molecule has 17 heavy (non-hydrogen) atoms. The van der Waals surface area contributed by atoms with Crippen molar-refractivity contribution >= 4 is 5.78 Å². The number of fused-ring (bicyclic) bond motifs is 1. The zero-order valence-electron chi connectivity index (χ0n) is 10.4. The Hall–Kier alpha value is -1.49. The van der Waals surface area contributed by atoms with Crippen LogP contribution < -0.4 is 5.32 Å². The van der Waals surface area contributed by atoms with Gasteiger partial charge < -0.3 is 5.32 Å². The third-order valence-corrected chi connectivity index (χ3v) is 3.53. The fraction of sp³-hybridized carbons (Fsp3) is 0.583. The molecule has 2 atom stereocenters. The quantitative estimate of drug-likeness (QED) is 0.806. The molecule has 0 aromatic carbocycles. The molecule has 90 valence electrons. The van der Waals surface area contributed by atoms with E-state index < -0.39 is 0 Å². The lowest BCUT2D eigenvalue weighted by Crippen LogP contribution is -2.20. The molecule has 1 N–H and O–H groups in total. The van der Waals surface area contributed by atoms with E-state index in [0.717, 1.165) is 23.8 Å². The lowest BCUT2D eigenvalue weighted by Gasteiger charge is -2.14. The summed E-state index contributed by atoms with van der Waals surface area (Å²) in [6, 6.07) is 2.37. The Morgan fingerprint density at radius 1 is 1.35 bits per heavy atom. The van der Waals surface area contributed by atoms with Crippen LogP contribution in [-0.4, -0.2) is 26.1 Å². The molecule has 0 amide bonds. The monoisotopic (exact) mass is 231 g/mol. The van der Waals surface area contributed by atoms with Crippen LogP contribution in [0.2, 0.25) is 0 Å². The normalized spacial score (nSPS) is 24.6. The second-order valence-electron chi connectivity index (χ2n) is 4.93. The third kappa shape index (κ3) is 1.61. The average Bonchev–Trinajstić information content (AvgIpc) is 2.83. The minimum Gasteiger partial charge on any atom is -0.307 e. The molecule has 1 aliphatic heterocycles. The molecule has 0 bridgehead atoms. The summed E-state index contributed by atoms with van der Waals surface area (Å²) >= 11 is 0. The smallest absolute Gasteiger partial charge is 0.255 e. The molecule has 3 heterocycles. The van der Waals surface area contributed by atoms with Gasteiger partial charge in [-0.25, -0.2) is 4.98 Å². The van der Waals surface area contributed by atoms with Crippen molar-refractivity contribution in [3.8, 4) is 0 Å². The maximum absolute atomic E-state index is 4.42. The van der Waals surface area contributed by atoms with E-state index in [2.05, 4.69) is 44.8 Å². The molecule has 3 rings (SSSR count). The van der Waals surface area contributed by atoms with Gasteiger partial charge in [-0.1, -0.05) is 6.92 Å². The van der Waals surface area contributed by atoms with Gasteiger partial charge in [-0.05, 0) is 38.8 Å². The molecule has 1 fully saturated rings. The molecule has 0 radical (unpaired) electrons. The first-order valence-corrected chi connectivity index (χ1v) is 6.09. The van der Waals surface area contributed by atoms with E-state index >= 15 is 0 Å². The Morgan fingerprint density at radius 3 is 2.88 bits per heavy atom. The van der Waals surface area contributed by atoms with Gasteiger partial charge in [0.05, 0.1) is 6.04 Å². The molecule has 0 saturated carbocycles. The van der Waals surface area contributed by atoms with Crippen LogP contribution in [0.15, 0.2) is 6.07 Å². The Bertz CT molecular complexity index is 559. The number of aromatic nitrogens is 4. The molecular formula is C12H17N5. The van der Waals surface area contributed by atoms with Gasteiger partial charge in [0.1, 0.15) is 0 Å². The maximum Gasteiger partial charge on any atom is 0.255 e. The third-order valence-electron chi connectivity index (χ3n) is 3.53. The topological polar surface area (TPSA) is 55.1 Å². The zero-order chi connectivity index (χ0) is 12.0. The van der Waals surface area contributed by atoms with Crippen molar-refractivity contribution in [1.82, 2.24) is 24.9 Å². The van der Waals surface area contributed by atoms with E-state index in [1.54, 1.807) is 0 Å². The number of hydrogen-bond donors (Lipinski definition) is 1. The second-order valence-corrected chi connectivity index (χ2v) is 4.93. The molecule has 0 aliphatic carbocycles. The van der Waals surface area contributed by atoms with E-state index in [-0.39, 0.29) is 0 Å². The lowest BCUT2D eigenvalue weighted by molar-refractivity contribution is 0.474. The van der Waals surface area contributed by atoms with Crippen molar-refractivity contribution in [2.75, 3.05) is 6.54 Å². The number of nitrogens with one attached hydrogen (secondary N) is 1. The Labute approximate surface area is 100 Å². The highest BCUT2D eigenvalue weighted by atomic mass is 15.3. The maximum atomic E-state index is 4.42. The van der Waals surface area contributed by atoms with Crippen LogP contribution in [0.1, 0.15) is 36.6 Å². The molecule has 1 saturated heterocycles. The van der Waals surface area contributed by atoms with Crippen LogP contribution in [0.25, 0.3) is 5.78 Å². The molecule has 2 unspecified atom stereocenters. The number of hydrogen-bond acceptors (Lipinski definition) is 4. The van der Waals surface area contributed by atoms with Crippen molar-refractivity contribution in [1.29, 1.82) is 0 Å². The molecule has 2 aromatic heterocycles. The van der Waals surface area contributed by atoms with Crippen molar-refractivity contribution < 1.29 is 0 Å². The average molecular weight is 231 g/mol. The van der Waals surface area contributed by atoms with E-state index in [0.29, 0.717) is 17.7 Å². The number of nitrogens with zero attached hydrogens (tertiary/aromatic N) is 4. The van der Waals surface area contributed by atoms with Crippen molar-refractivity contribution in [3.63, 3.8) is 0 Å². The minimum atomic E-state index is 0.299. The predicted molar refractivity (Wildman–Crippen MR) is 64.8 cm³/mol. The van der Waals surface area contributed by atoms with Gasteiger partial charge in [-0.2, -0.15) is 0 Å². The van der Waals surface area contributed by atoms with Gasteiger partial charge in [0.15, 0.2) is 5.82 Å². The van der Waals surface area contributed by atoms with E-state index in [1.165, 1.54) is 6.42 Å². The summed E-state index contributed by atoms with van der Waals surface area (Å²) in [5.41, 5.74) is 2.13. The molecule has 1 aliphatic rings. The summed E-state index contributed by atoms with van der Waals surface area (Å²) in [6.45, 7) is 7.37. The first-order valence-electron chi connectivity index (χ1n) is 6.09. The summed E-state index contributed by atoms with van der Waals surface area (Å²) in [4.78, 5) is 4.42. The molecule has 5 heteroatoms. The van der Waals surface area contributed by atoms with E-state index in [9.17, 15) is 0 Å². The van der Waals surface area contributed by atoms with Crippen LogP contribution in [0.3, 0.4) is 0 Å². The Morgan fingerprint density at radius 2 is 2.18 bits per heavy atom. The first kappa shape index (κ1) is 10.7. The van der Waals surface area contributed by atoms with Gasteiger partial charge >= 0.3 is 0 Å². The predicted octanol–water partition coefficient (Wildman–Crippen LogP) is 1.41. The summed E-state index contributed by atoms with van der Waals surface area (Å²) < 4.78 is 2.06. The van der Waals surface area contributed by atoms with Crippen molar-refractivity contribution in [3.05, 3.63) is 23.3 Å². The second kappa shape index (κ2) is 3.77. The highest BCUT2D eigenvalue weighted by Crippen LogP contribution is 2.28. The molecule has 0 spiro atoms. The van der Waals surface area contributed by atoms with Gasteiger partial charge in [-0.3, -0.25) is 4.40 Å². The molecule has 5 nitrogen and oxygen atoms in total. The largest absolute Gasteiger partial charge is 0.307 e. The van der Waals surface area contributed by atoms with Gasteiger partial charge in [0.25, 0.3) is 5.78 Å².